The summed E-state index contributed by atoms with van der Waals surface area (Å²) >= 11 is 0. The van der Waals surface area contributed by atoms with Gasteiger partial charge in [-0.1, -0.05) is 30.3 Å². The molecule has 2 aromatic carbocycles. The van der Waals surface area contributed by atoms with Crippen LogP contribution in [0.4, 0.5) is 30.6 Å². The lowest BCUT2D eigenvalue weighted by molar-refractivity contribution is -0.274. The fourth-order valence-corrected chi connectivity index (χ4v) is 2.61. The van der Waals surface area contributed by atoms with Crippen molar-refractivity contribution >= 4 is 17.5 Å². The van der Waals surface area contributed by atoms with Gasteiger partial charge in [0.15, 0.2) is 0 Å². The number of halogens is 3. The first kappa shape index (κ1) is 20.4. The van der Waals surface area contributed by atoms with E-state index in [-0.39, 0.29) is 24.8 Å². The van der Waals surface area contributed by atoms with Crippen molar-refractivity contribution in [3.05, 3.63) is 60.2 Å². The summed E-state index contributed by atoms with van der Waals surface area (Å²) in [6.45, 7) is 2.04. The Bertz CT molecular complexity index is 980. The molecule has 1 aromatic heterocycles. The minimum atomic E-state index is -4.78. The fraction of sp³-hybridized carbons (Fsp3) is 0.200. The van der Waals surface area contributed by atoms with Gasteiger partial charge in [-0.05, 0) is 30.7 Å². The third-order valence-corrected chi connectivity index (χ3v) is 3.89. The molecule has 0 aliphatic rings. The molecule has 29 heavy (non-hydrogen) atoms. The summed E-state index contributed by atoms with van der Waals surface area (Å²) < 4.78 is 41.6. The number of alkyl halides is 3. The van der Waals surface area contributed by atoms with Crippen LogP contribution in [0.1, 0.15) is 5.56 Å². The third-order valence-electron chi connectivity index (χ3n) is 3.89. The number of hydrogen-bond donors (Lipinski definition) is 3. The quantitative estimate of drug-likeness (QED) is 0.538. The van der Waals surface area contributed by atoms with E-state index in [0.717, 1.165) is 11.3 Å². The summed E-state index contributed by atoms with van der Waals surface area (Å²) in [5.74, 6) is 0.341. The second kappa shape index (κ2) is 8.78. The number of aryl methyl sites for hydroxylation is 1. The van der Waals surface area contributed by atoms with Gasteiger partial charge in [0.2, 0.25) is 5.95 Å². The van der Waals surface area contributed by atoms with Crippen LogP contribution >= 0.6 is 0 Å². The highest BCUT2D eigenvalue weighted by molar-refractivity contribution is 5.69. The van der Waals surface area contributed by atoms with Crippen molar-refractivity contribution in [2.24, 2.45) is 0 Å². The van der Waals surface area contributed by atoms with Gasteiger partial charge in [-0.15, -0.1) is 13.2 Å². The molecule has 0 aliphatic heterocycles. The molecule has 3 aromatic rings. The number of ether oxygens (including phenoxy) is 1. The van der Waals surface area contributed by atoms with E-state index in [0.29, 0.717) is 17.1 Å². The highest BCUT2D eigenvalue weighted by Gasteiger charge is 2.31. The zero-order valence-corrected chi connectivity index (χ0v) is 15.5. The smallest absolute Gasteiger partial charge is 0.406 e. The van der Waals surface area contributed by atoms with Crippen molar-refractivity contribution in [2.75, 3.05) is 23.8 Å². The van der Waals surface area contributed by atoms with Crippen molar-refractivity contribution in [1.29, 1.82) is 0 Å². The van der Waals surface area contributed by atoms with Gasteiger partial charge in [0.05, 0.1) is 12.3 Å². The Balaban J connectivity index is 1.97. The molecule has 0 radical (unpaired) electrons. The van der Waals surface area contributed by atoms with Gasteiger partial charge >= 0.3 is 6.36 Å². The number of benzene rings is 2. The van der Waals surface area contributed by atoms with Crippen molar-refractivity contribution in [1.82, 2.24) is 9.97 Å². The zero-order valence-electron chi connectivity index (χ0n) is 15.5. The van der Waals surface area contributed by atoms with Gasteiger partial charge in [-0.3, -0.25) is 0 Å². The molecule has 152 valence electrons. The van der Waals surface area contributed by atoms with Crippen molar-refractivity contribution in [3.8, 4) is 17.0 Å². The second-order valence-electron chi connectivity index (χ2n) is 6.13. The van der Waals surface area contributed by atoms with Crippen LogP contribution in [0.2, 0.25) is 0 Å². The van der Waals surface area contributed by atoms with Crippen LogP contribution in [-0.2, 0) is 0 Å². The lowest BCUT2D eigenvalue weighted by atomic mass is 10.1. The first-order chi connectivity index (χ1) is 13.8. The van der Waals surface area contributed by atoms with E-state index >= 15 is 0 Å². The second-order valence-corrected chi connectivity index (χ2v) is 6.13. The predicted octanol–water partition coefficient (Wildman–Crippen LogP) is 4.50. The number of hydrogen-bond acceptors (Lipinski definition) is 6. The van der Waals surface area contributed by atoms with Crippen molar-refractivity contribution in [3.63, 3.8) is 0 Å². The summed E-state index contributed by atoms with van der Waals surface area (Å²) in [7, 11) is 0. The number of nitrogens with zero attached hydrogens (tertiary/aromatic N) is 2. The van der Waals surface area contributed by atoms with E-state index in [4.69, 9.17) is 5.11 Å². The van der Waals surface area contributed by atoms with Crippen LogP contribution in [-0.4, -0.2) is 34.6 Å². The van der Waals surface area contributed by atoms with Crippen LogP contribution in [0, 0.1) is 6.92 Å². The maximum absolute atomic E-state index is 12.5. The molecule has 0 atom stereocenters. The van der Waals surface area contributed by atoms with E-state index in [1.165, 1.54) is 18.2 Å². The SMILES string of the molecule is Cc1ccccc1Nc1cc(-c2cccc(OC(F)(F)F)c2)nc(NCCO)n1. The highest BCUT2D eigenvalue weighted by atomic mass is 19.4. The van der Waals surface area contributed by atoms with Gasteiger partial charge in [-0.25, -0.2) is 4.98 Å². The molecule has 0 bridgehead atoms. The normalized spacial score (nSPS) is 11.2. The largest absolute Gasteiger partial charge is 0.573 e. The fourth-order valence-electron chi connectivity index (χ4n) is 2.61. The molecular weight excluding hydrogens is 385 g/mol. The first-order valence-corrected chi connectivity index (χ1v) is 8.77. The number of rotatable bonds is 7. The number of aliphatic hydroxyl groups excluding tert-OH is 1. The standard InChI is InChI=1S/C20H19F3N4O2/c1-13-5-2-3-8-16(13)25-18-12-17(26-19(27-18)24-9-10-28)14-6-4-7-15(11-14)29-20(21,22)23/h2-8,11-12,28H,9-10H2,1H3,(H2,24,25,26,27). The average molecular weight is 404 g/mol. The predicted molar refractivity (Wildman–Crippen MR) is 104 cm³/mol. The Kier molecular flexibility index (Phi) is 6.18. The minimum absolute atomic E-state index is 0.122. The van der Waals surface area contributed by atoms with E-state index in [1.807, 2.05) is 31.2 Å². The van der Waals surface area contributed by atoms with Crippen LogP contribution in [0.25, 0.3) is 11.3 Å². The van der Waals surface area contributed by atoms with E-state index in [9.17, 15) is 13.2 Å². The Labute approximate surface area is 165 Å². The monoisotopic (exact) mass is 404 g/mol. The van der Waals surface area contributed by atoms with Crippen LogP contribution in [0.3, 0.4) is 0 Å². The topological polar surface area (TPSA) is 79.3 Å². The highest BCUT2D eigenvalue weighted by Crippen LogP contribution is 2.29. The van der Waals surface area contributed by atoms with Gasteiger partial charge in [0, 0.05) is 23.9 Å². The molecule has 0 fully saturated rings. The Morgan fingerprint density at radius 2 is 1.83 bits per heavy atom. The molecule has 0 spiro atoms. The molecule has 0 saturated carbocycles. The molecular formula is C20H19F3N4O2. The average Bonchev–Trinajstić information content (AvgIpc) is 2.67. The van der Waals surface area contributed by atoms with E-state index in [1.54, 1.807) is 12.1 Å². The molecule has 3 rings (SSSR count). The number of anilines is 3. The van der Waals surface area contributed by atoms with E-state index < -0.39 is 6.36 Å². The van der Waals surface area contributed by atoms with Gasteiger partial charge in [-0.2, -0.15) is 4.98 Å². The molecule has 1 heterocycles. The van der Waals surface area contributed by atoms with Gasteiger partial charge < -0.3 is 20.5 Å². The van der Waals surface area contributed by atoms with Crippen molar-refractivity contribution < 1.29 is 23.0 Å². The Morgan fingerprint density at radius 1 is 1.03 bits per heavy atom. The lowest BCUT2D eigenvalue weighted by Crippen LogP contribution is -2.17. The van der Waals surface area contributed by atoms with Crippen LogP contribution in [0.5, 0.6) is 5.75 Å². The number of aliphatic hydroxyl groups is 1. The van der Waals surface area contributed by atoms with Crippen LogP contribution in [0.15, 0.2) is 54.6 Å². The Hall–Kier alpha value is -3.33. The lowest BCUT2D eigenvalue weighted by Gasteiger charge is -2.13. The molecule has 0 saturated heterocycles. The van der Waals surface area contributed by atoms with E-state index in [2.05, 4.69) is 25.3 Å². The van der Waals surface area contributed by atoms with Gasteiger partial charge in [0.25, 0.3) is 0 Å². The maximum atomic E-state index is 12.5. The molecule has 0 aliphatic carbocycles. The van der Waals surface area contributed by atoms with Crippen LogP contribution < -0.4 is 15.4 Å². The third kappa shape index (κ3) is 5.82. The van der Waals surface area contributed by atoms with Crippen molar-refractivity contribution in [2.45, 2.75) is 13.3 Å². The summed E-state index contributed by atoms with van der Waals surface area (Å²) in [5.41, 5.74) is 2.65. The first-order valence-electron chi connectivity index (χ1n) is 8.77. The molecule has 9 heteroatoms. The number of para-hydroxylation sites is 1. The summed E-state index contributed by atoms with van der Waals surface area (Å²) in [4.78, 5) is 8.69. The maximum Gasteiger partial charge on any atom is 0.573 e. The summed E-state index contributed by atoms with van der Waals surface area (Å²) in [6, 6.07) is 14.8. The number of nitrogens with one attached hydrogen (secondary N) is 2. The molecule has 0 unspecified atom stereocenters. The van der Waals surface area contributed by atoms with Gasteiger partial charge in [0.1, 0.15) is 11.6 Å². The minimum Gasteiger partial charge on any atom is -0.406 e. The summed E-state index contributed by atoms with van der Waals surface area (Å²) in [6.07, 6.45) is -4.78. The number of aromatic nitrogens is 2. The zero-order chi connectivity index (χ0) is 20.9. The molecule has 3 N–H and O–H groups in total. The Morgan fingerprint density at radius 3 is 2.55 bits per heavy atom. The summed E-state index contributed by atoms with van der Waals surface area (Å²) in [5, 5.41) is 15.1. The molecule has 0 amide bonds. The molecule has 6 nitrogen and oxygen atoms in total.